The van der Waals surface area contributed by atoms with E-state index in [0.29, 0.717) is 12.2 Å². The Kier molecular flexibility index (Phi) is 4.51. The van der Waals surface area contributed by atoms with Gasteiger partial charge in [0.15, 0.2) is 5.15 Å². The number of thioether (sulfide) groups is 1. The summed E-state index contributed by atoms with van der Waals surface area (Å²) in [6.07, 6.45) is 2.85. The Morgan fingerprint density at radius 1 is 1.64 bits per heavy atom. The molecule has 1 amide bonds. The van der Waals surface area contributed by atoms with Gasteiger partial charge in [-0.05, 0) is 25.2 Å². The number of pyridine rings is 1. The molecule has 0 aliphatic rings. The van der Waals surface area contributed by atoms with Crippen LogP contribution in [0.4, 0.5) is 5.69 Å². The molecule has 0 N–H and O–H groups in total. The second kappa shape index (κ2) is 7.65. The van der Waals surface area contributed by atoms with Gasteiger partial charge >= 0.3 is 0 Å². The highest BCUT2D eigenvalue weighted by Crippen LogP contribution is 2.27. The molecule has 0 saturated carbocycles. The van der Waals surface area contributed by atoms with E-state index in [1.807, 2.05) is 13.0 Å². The lowest BCUT2D eigenvalue weighted by atomic mass is 10.2. The molecule has 2 heterocycles. The Bertz CT molecular complexity index is 723. The van der Waals surface area contributed by atoms with Gasteiger partial charge < -0.3 is 4.90 Å². The monoisotopic (exact) mass is 341 g/mol. The molecular formula is C15H19ClN4OS. The summed E-state index contributed by atoms with van der Waals surface area (Å²) in [6.45, 7) is 3.95. The average molecular weight is 342 g/mol. The summed E-state index contributed by atoms with van der Waals surface area (Å²) in [5.41, 5.74) is 1.22. The van der Waals surface area contributed by atoms with Gasteiger partial charge in [-0.15, -0.1) is 0 Å². The molecule has 0 spiro atoms. The maximum absolute atomic E-state index is 12.7. The lowest BCUT2D eigenvalue weighted by molar-refractivity contribution is -0.121. The molecule has 0 radical (unpaired) electrons. The topological polar surface area (TPSA) is 51.0 Å². The molecule has 2 aromatic heterocycles. The number of halogens is 1. The first-order valence-corrected chi connectivity index (χ1v) is 8.20. The van der Waals surface area contributed by atoms with Crippen LogP contribution in [-0.2, 0) is 4.79 Å². The summed E-state index contributed by atoms with van der Waals surface area (Å²) in [5, 5.41) is 4.43. The highest BCUT2D eigenvalue weighted by atomic mass is 35.5. The van der Waals surface area contributed by atoms with Crippen LogP contribution in [0.1, 0.15) is 18.0 Å². The lowest BCUT2D eigenvalue weighted by Gasteiger charge is -2.23. The predicted octanol–water partition coefficient (Wildman–Crippen LogP) is 3.27. The van der Waals surface area contributed by atoms with Crippen LogP contribution in [0.25, 0.3) is 5.69 Å². The third kappa shape index (κ3) is 3.62. The first-order valence-electron chi connectivity index (χ1n) is 8.34. The Morgan fingerprint density at radius 3 is 3.09 bits per heavy atom. The number of aromatic nitrogens is 3. The van der Waals surface area contributed by atoms with E-state index in [-0.39, 0.29) is 16.8 Å². The smallest absolute Gasteiger partial charge is 0.230 e. The SMILES string of the molecule is [2H]C([2H])([2H])SCC(C)C(=O)N(CC)c1cn(-c2cccnc2)nc1Cl. The van der Waals surface area contributed by atoms with Gasteiger partial charge in [-0.1, -0.05) is 18.5 Å². The first kappa shape index (κ1) is 13.0. The number of carbonyl (C=O) groups is 1. The second-order valence-electron chi connectivity index (χ2n) is 4.76. The van der Waals surface area contributed by atoms with Crippen LogP contribution in [0.15, 0.2) is 30.7 Å². The molecule has 0 aliphatic heterocycles. The lowest BCUT2D eigenvalue weighted by Crippen LogP contribution is -2.36. The molecule has 0 aliphatic carbocycles. The molecule has 0 bridgehead atoms. The minimum Gasteiger partial charge on any atom is -0.308 e. The van der Waals surface area contributed by atoms with Crippen LogP contribution in [0.3, 0.4) is 0 Å². The second-order valence-corrected chi connectivity index (χ2v) is 5.74. The Morgan fingerprint density at radius 2 is 2.45 bits per heavy atom. The summed E-state index contributed by atoms with van der Waals surface area (Å²) in [5.74, 6) is -0.435. The van der Waals surface area contributed by atoms with Gasteiger partial charge in [0.25, 0.3) is 0 Å². The van der Waals surface area contributed by atoms with Crippen molar-refractivity contribution in [3.8, 4) is 5.69 Å². The normalized spacial score (nSPS) is 14.8. The van der Waals surface area contributed by atoms with Gasteiger partial charge in [-0.25, -0.2) is 4.68 Å². The van der Waals surface area contributed by atoms with Gasteiger partial charge in [-0.2, -0.15) is 16.9 Å². The minimum absolute atomic E-state index is 0.188. The van der Waals surface area contributed by atoms with Crippen LogP contribution in [0.2, 0.25) is 5.15 Å². The van der Waals surface area contributed by atoms with Gasteiger partial charge in [0, 0.05) is 28.5 Å². The summed E-state index contributed by atoms with van der Waals surface area (Å²) >= 11 is 7.02. The number of carbonyl (C=O) groups excluding carboxylic acids is 1. The fraction of sp³-hybridized carbons (Fsp3) is 0.400. The highest BCUT2D eigenvalue weighted by molar-refractivity contribution is 7.98. The summed E-state index contributed by atoms with van der Waals surface area (Å²) < 4.78 is 23.3. The summed E-state index contributed by atoms with van der Waals surface area (Å²) in [7, 11) is 0. The van der Waals surface area contributed by atoms with Crippen LogP contribution in [0, 0.1) is 5.92 Å². The van der Waals surface area contributed by atoms with Crippen molar-refractivity contribution in [2.75, 3.05) is 23.4 Å². The standard InChI is InChI=1S/C15H19ClN4OS/c1-4-19(15(21)11(2)10-22-3)13-9-20(18-14(13)16)12-6-5-7-17-8-12/h5-9,11H,4,10H2,1-3H3/i3D3. The van der Waals surface area contributed by atoms with Crippen LogP contribution >= 0.6 is 23.4 Å². The number of rotatable bonds is 6. The molecule has 0 aromatic carbocycles. The largest absolute Gasteiger partial charge is 0.308 e. The Hall–Kier alpha value is -1.53. The van der Waals surface area contributed by atoms with Crippen molar-refractivity contribution >= 4 is 35.0 Å². The average Bonchev–Trinajstić information content (AvgIpc) is 2.95. The van der Waals surface area contributed by atoms with Crippen LogP contribution in [0.5, 0.6) is 0 Å². The number of anilines is 1. The Balaban J connectivity index is 2.20. The van der Waals surface area contributed by atoms with E-state index in [1.165, 1.54) is 4.90 Å². The number of nitrogens with zero attached hydrogens (tertiary/aromatic N) is 4. The highest BCUT2D eigenvalue weighted by Gasteiger charge is 2.24. The predicted molar refractivity (Wildman–Crippen MR) is 91.9 cm³/mol. The maximum Gasteiger partial charge on any atom is 0.230 e. The maximum atomic E-state index is 12.7. The van der Waals surface area contributed by atoms with Crippen molar-refractivity contribution in [3.63, 3.8) is 0 Å². The molecule has 1 atom stereocenters. The summed E-state index contributed by atoms with van der Waals surface area (Å²) in [4.78, 5) is 18.3. The van der Waals surface area contributed by atoms with E-state index in [4.69, 9.17) is 15.7 Å². The van der Waals surface area contributed by atoms with Crippen molar-refractivity contribution in [2.45, 2.75) is 13.8 Å². The fourth-order valence-corrected chi connectivity index (χ4v) is 2.68. The molecular weight excluding hydrogens is 320 g/mol. The van der Waals surface area contributed by atoms with Gasteiger partial charge in [0.1, 0.15) is 5.69 Å². The minimum atomic E-state index is -2.12. The van der Waals surface area contributed by atoms with E-state index in [0.717, 1.165) is 17.4 Å². The zero-order chi connectivity index (χ0) is 18.6. The van der Waals surface area contributed by atoms with Gasteiger partial charge in [0.2, 0.25) is 5.91 Å². The van der Waals surface area contributed by atoms with Crippen molar-refractivity contribution in [3.05, 3.63) is 35.9 Å². The van der Waals surface area contributed by atoms with E-state index in [2.05, 4.69) is 10.1 Å². The fourth-order valence-electron chi connectivity index (χ4n) is 2.05. The number of hydrogen-bond donors (Lipinski definition) is 0. The molecule has 2 rings (SSSR count). The number of amides is 1. The molecule has 0 saturated heterocycles. The number of hydrogen-bond acceptors (Lipinski definition) is 4. The zero-order valence-corrected chi connectivity index (χ0v) is 13.9. The van der Waals surface area contributed by atoms with Gasteiger partial charge in [-0.3, -0.25) is 9.78 Å². The molecule has 7 heteroatoms. The van der Waals surface area contributed by atoms with Crippen molar-refractivity contribution in [2.24, 2.45) is 5.92 Å². The quantitative estimate of drug-likeness (QED) is 0.809. The molecule has 5 nitrogen and oxygen atoms in total. The van der Waals surface area contributed by atoms with Crippen molar-refractivity contribution in [1.82, 2.24) is 14.8 Å². The van der Waals surface area contributed by atoms with E-state index < -0.39 is 12.1 Å². The van der Waals surface area contributed by atoms with Crippen molar-refractivity contribution in [1.29, 1.82) is 0 Å². The van der Waals surface area contributed by atoms with Crippen LogP contribution < -0.4 is 4.90 Å². The van der Waals surface area contributed by atoms with E-state index in [9.17, 15) is 4.79 Å². The Labute approximate surface area is 143 Å². The first-order chi connectivity index (χ1) is 11.7. The van der Waals surface area contributed by atoms with E-state index >= 15 is 0 Å². The van der Waals surface area contributed by atoms with Crippen LogP contribution in [-0.4, -0.2) is 39.2 Å². The summed E-state index contributed by atoms with van der Waals surface area (Å²) in [6, 6.07) is 3.61. The molecule has 2 aromatic rings. The van der Waals surface area contributed by atoms with E-state index in [1.54, 1.807) is 36.3 Å². The molecule has 118 valence electrons. The molecule has 1 unspecified atom stereocenters. The third-order valence-electron chi connectivity index (χ3n) is 3.19. The van der Waals surface area contributed by atoms with Gasteiger partial charge in [0.05, 0.1) is 18.1 Å². The zero-order valence-electron chi connectivity index (χ0n) is 15.4. The van der Waals surface area contributed by atoms with Crippen molar-refractivity contribution < 1.29 is 8.91 Å². The molecule has 22 heavy (non-hydrogen) atoms. The molecule has 0 fully saturated rings. The third-order valence-corrected chi connectivity index (χ3v) is 4.13.